The molecule has 5 rings (SSSR count). The van der Waals surface area contributed by atoms with Gasteiger partial charge in [0.05, 0.1) is 16.8 Å². The van der Waals surface area contributed by atoms with Crippen LogP contribution in [0.3, 0.4) is 0 Å². The van der Waals surface area contributed by atoms with E-state index >= 15 is 0 Å². The Bertz CT molecular complexity index is 1110. The highest BCUT2D eigenvalue weighted by Crippen LogP contribution is 2.38. The smallest absolute Gasteiger partial charge is 0.252 e. The molecule has 0 saturated carbocycles. The number of rotatable bonds is 3. The van der Waals surface area contributed by atoms with E-state index in [2.05, 4.69) is 25.9 Å². The van der Waals surface area contributed by atoms with Crippen molar-refractivity contribution in [1.29, 1.82) is 0 Å². The Morgan fingerprint density at radius 3 is 2.77 bits per heavy atom. The van der Waals surface area contributed by atoms with Gasteiger partial charge in [-0.3, -0.25) is 10.2 Å². The van der Waals surface area contributed by atoms with Gasteiger partial charge in [0.2, 0.25) is 5.65 Å². The van der Waals surface area contributed by atoms with Crippen LogP contribution in [0.25, 0.3) is 16.7 Å². The van der Waals surface area contributed by atoms with Gasteiger partial charge < -0.3 is 0 Å². The minimum absolute atomic E-state index is 0.00978. The fourth-order valence-electron chi connectivity index (χ4n) is 3.00. The third-order valence-electron chi connectivity index (χ3n) is 4.20. The van der Waals surface area contributed by atoms with Crippen molar-refractivity contribution in [3.8, 4) is 0 Å². The number of para-hydroxylation sites is 2. The van der Waals surface area contributed by atoms with Gasteiger partial charge in [-0.15, -0.1) is 16.9 Å². The van der Waals surface area contributed by atoms with Gasteiger partial charge in [-0.05, 0) is 28.1 Å². The molecule has 0 radical (unpaired) electrons. The van der Waals surface area contributed by atoms with E-state index in [0.29, 0.717) is 17.2 Å². The highest BCUT2D eigenvalue weighted by atomic mass is 32.2. The van der Waals surface area contributed by atoms with Crippen LogP contribution < -0.4 is 5.43 Å². The number of fused-ring (bicyclic) bond motifs is 3. The van der Waals surface area contributed by atoms with E-state index < -0.39 is 0 Å². The summed E-state index contributed by atoms with van der Waals surface area (Å²) in [6.07, 6.45) is 0. The summed E-state index contributed by atoms with van der Waals surface area (Å²) in [5, 5.41) is 13.3. The summed E-state index contributed by atoms with van der Waals surface area (Å²) in [5.41, 5.74) is 6.22. The molecule has 0 bridgehead atoms. The molecule has 1 amide bonds. The molecule has 0 spiro atoms. The first-order valence-corrected chi connectivity index (χ1v) is 9.08. The van der Waals surface area contributed by atoms with Gasteiger partial charge in [-0.2, -0.15) is 4.52 Å². The zero-order valence-corrected chi connectivity index (χ0v) is 14.3. The maximum Gasteiger partial charge on any atom is 0.252 e. The van der Waals surface area contributed by atoms with Crippen molar-refractivity contribution >= 4 is 40.2 Å². The molecular weight excluding hydrogens is 350 g/mol. The number of hydrogen-bond acceptors (Lipinski definition) is 7. The summed E-state index contributed by atoms with van der Waals surface area (Å²) in [4.78, 5) is 17.1. The van der Waals surface area contributed by atoms with E-state index in [1.54, 1.807) is 21.3 Å². The van der Waals surface area contributed by atoms with E-state index in [0.717, 1.165) is 16.6 Å². The van der Waals surface area contributed by atoms with Crippen LogP contribution in [-0.4, -0.2) is 41.7 Å². The quantitative estimate of drug-likeness (QED) is 0.597. The van der Waals surface area contributed by atoms with Gasteiger partial charge in [0.15, 0.2) is 5.82 Å². The average molecular weight is 363 g/mol. The first-order chi connectivity index (χ1) is 12.8. The summed E-state index contributed by atoms with van der Waals surface area (Å²) in [6, 6.07) is 17.5. The van der Waals surface area contributed by atoms with E-state index in [4.69, 9.17) is 0 Å². The zero-order chi connectivity index (χ0) is 17.5. The number of carbonyl (C=O) groups is 1. The topological polar surface area (TPSA) is 88.3 Å². The van der Waals surface area contributed by atoms with Crippen molar-refractivity contribution < 1.29 is 4.79 Å². The summed E-state index contributed by atoms with van der Waals surface area (Å²) >= 11 is 1.57. The van der Waals surface area contributed by atoms with Crippen LogP contribution in [0.1, 0.15) is 10.9 Å². The van der Waals surface area contributed by atoms with Crippen molar-refractivity contribution in [2.45, 2.75) is 5.37 Å². The monoisotopic (exact) mass is 363 g/mol. The van der Waals surface area contributed by atoms with Crippen molar-refractivity contribution in [3.63, 3.8) is 0 Å². The predicted octanol–water partition coefficient (Wildman–Crippen LogP) is 2.27. The second kappa shape index (κ2) is 5.95. The molecular formula is C17H13N7OS. The summed E-state index contributed by atoms with van der Waals surface area (Å²) < 4.78 is 1.62. The lowest BCUT2D eigenvalue weighted by atomic mass is 10.2. The minimum Gasteiger partial charge on any atom is -0.275 e. The Morgan fingerprint density at radius 1 is 1.08 bits per heavy atom. The predicted molar refractivity (Wildman–Crippen MR) is 98.2 cm³/mol. The molecule has 4 aromatic rings. The number of amides is 1. The summed E-state index contributed by atoms with van der Waals surface area (Å²) in [7, 11) is 0. The van der Waals surface area contributed by atoms with Gasteiger partial charge in [0, 0.05) is 0 Å². The lowest BCUT2D eigenvalue weighted by molar-refractivity contribution is -0.126. The van der Waals surface area contributed by atoms with Gasteiger partial charge in [-0.1, -0.05) is 42.5 Å². The molecule has 1 N–H and O–H groups in total. The molecule has 2 aromatic carbocycles. The molecule has 0 aliphatic carbocycles. The van der Waals surface area contributed by atoms with Gasteiger partial charge in [0.25, 0.3) is 5.91 Å². The Morgan fingerprint density at radius 2 is 1.88 bits per heavy atom. The van der Waals surface area contributed by atoms with Crippen molar-refractivity contribution in [3.05, 3.63) is 60.2 Å². The van der Waals surface area contributed by atoms with Gasteiger partial charge in [0.1, 0.15) is 5.37 Å². The summed E-state index contributed by atoms with van der Waals surface area (Å²) in [6.45, 7) is 0. The number of aromatic nitrogens is 5. The number of carbonyl (C=O) groups excluding carboxylic acids is 1. The number of nitrogens with one attached hydrogen (secondary N) is 1. The number of benzene rings is 2. The molecule has 1 fully saturated rings. The third kappa shape index (κ3) is 2.36. The molecule has 128 valence electrons. The van der Waals surface area contributed by atoms with Crippen LogP contribution in [0.5, 0.6) is 0 Å². The zero-order valence-electron chi connectivity index (χ0n) is 13.5. The number of tetrazole rings is 1. The second-order valence-electron chi connectivity index (χ2n) is 5.81. The highest BCUT2D eigenvalue weighted by molar-refractivity contribution is 8.00. The number of hydrazine groups is 1. The number of thioether (sulfide) groups is 1. The molecule has 9 heteroatoms. The normalized spacial score (nSPS) is 17.3. The van der Waals surface area contributed by atoms with Crippen LogP contribution in [-0.2, 0) is 4.79 Å². The standard InChI is InChI=1S/C17H13N7OS/c25-14-10-26-17(11-6-2-1-3-7-11)24(14)20-15-16-19-21-22-23(16)13-9-5-4-8-12(13)18-15/h1-9,17H,10H2,(H,18,20). The maximum absolute atomic E-state index is 12.5. The Balaban J connectivity index is 1.59. The Kier molecular flexibility index (Phi) is 3.45. The van der Waals surface area contributed by atoms with Gasteiger partial charge in [-0.25, -0.2) is 9.99 Å². The molecule has 1 aliphatic heterocycles. The lowest BCUT2D eigenvalue weighted by Crippen LogP contribution is -2.34. The van der Waals surface area contributed by atoms with Crippen molar-refractivity contribution in [2.24, 2.45) is 0 Å². The first kappa shape index (κ1) is 15.1. The second-order valence-corrected chi connectivity index (χ2v) is 6.88. The number of nitrogens with zero attached hydrogens (tertiary/aromatic N) is 6. The molecule has 1 aliphatic rings. The van der Waals surface area contributed by atoms with Crippen LogP contribution in [0, 0.1) is 0 Å². The van der Waals surface area contributed by atoms with Crippen molar-refractivity contribution in [1.82, 2.24) is 30.0 Å². The average Bonchev–Trinajstić information content (AvgIpc) is 3.31. The molecule has 26 heavy (non-hydrogen) atoms. The van der Waals surface area contributed by atoms with E-state index in [-0.39, 0.29) is 11.3 Å². The Hall–Kier alpha value is -3.20. The molecule has 8 nitrogen and oxygen atoms in total. The Labute approximate surface area is 152 Å². The SMILES string of the molecule is O=C1CSC(c2ccccc2)N1Nc1nc2ccccc2n2nnnc12. The largest absolute Gasteiger partial charge is 0.275 e. The fraction of sp³-hybridized carbons (Fsp3) is 0.118. The maximum atomic E-state index is 12.5. The summed E-state index contributed by atoms with van der Waals surface area (Å²) in [5.74, 6) is 0.844. The fourth-order valence-corrected chi connectivity index (χ4v) is 4.11. The van der Waals surface area contributed by atoms with E-state index in [9.17, 15) is 4.79 Å². The van der Waals surface area contributed by atoms with Crippen LogP contribution in [0.15, 0.2) is 54.6 Å². The molecule has 1 unspecified atom stereocenters. The first-order valence-electron chi connectivity index (χ1n) is 8.03. The third-order valence-corrected chi connectivity index (χ3v) is 5.41. The van der Waals surface area contributed by atoms with Crippen LogP contribution >= 0.6 is 11.8 Å². The number of anilines is 1. The minimum atomic E-state index is -0.132. The number of hydrogen-bond donors (Lipinski definition) is 1. The van der Waals surface area contributed by atoms with Crippen LogP contribution in [0.2, 0.25) is 0 Å². The molecule has 1 saturated heterocycles. The highest BCUT2D eigenvalue weighted by Gasteiger charge is 2.34. The molecule has 2 aromatic heterocycles. The molecule has 1 atom stereocenters. The van der Waals surface area contributed by atoms with Gasteiger partial charge >= 0.3 is 0 Å². The van der Waals surface area contributed by atoms with E-state index in [1.807, 2.05) is 54.6 Å². The lowest BCUT2D eigenvalue weighted by Gasteiger charge is -2.25. The van der Waals surface area contributed by atoms with Crippen molar-refractivity contribution in [2.75, 3.05) is 11.2 Å². The molecule has 3 heterocycles. The van der Waals surface area contributed by atoms with E-state index in [1.165, 1.54) is 0 Å². The van der Waals surface area contributed by atoms with Crippen LogP contribution in [0.4, 0.5) is 5.82 Å².